The molecule has 0 aliphatic carbocycles. The molecule has 5 nitrogen and oxygen atoms in total. The van der Waals surface area contributed by atoms with Crippen molar-refractivity contribution >= 4 is 22.6 Å². The highest BCUT2D eigenvalue weighted by atomic mass is 32.1. The van der Waals surface area contributed by atoms with E-state index in [9.17, 15) is 4.79 Å². The SMILES string of the molecule is CC(C)c1nsc(N[C@@H]2CCN(C)C2=O)n1. The minimum atomic E-state index is -0.127. The molecule has 0 unspecified atom stereocenters. The van der Waals surface area contributed by atoms with Gasteiger partial charge >= 0.3 is 0 Å². The average Bonchev–Trinajstić information content (AvgIpc) is 2.81. The molecule has 1 aromatic heterocycles. The molecule has 2 rings (SSSR count). The third kappa shape index (κ3) is 2.16. The van der Waals surface area contributed by atoms with E-state index in [2.05, 4.69) is 28.5 Å². The topological polar surface area (TPSA) is 58.1 Å². The van der Waals surface area contributed by atoms with Crippen molar-refractivity contribution in [3.05, 3.63) is 5.82 Å². The quantitative estimate of drug-likeness (QED) is 0.865. The summed E-state index contributed by atoms with van der Waals surface area (Å²) in [6.07, 6.45) is 0.839. The van der Waals surface area contributed by atoms with Crippen molar-refractivity contribution in [2.75, 3.05) is 18.9 Å². The fourth-order valence-corrected chi connectivity index (χ4v) is 2.39. The Bertz CT molecular complexity index is 390. The number of carbonyl (C=O) groups excluding carboxylic acids is 1. The van der Waals surface area contributed by atoms with Gasteiger partial charge in [0.1, 0.15) is 11.9 Å². The van der Waals surface area contributed by atoms with Crippen LogP contribution in [0.15, 0.2) is 0 Å². The minimum Gasteiger partial charge on any atom is -0.348 e. The number of aromatic nitrogens is 2. The van der Waals surface area contributed by atoms with Gasteiger partial charge in [0.05, 0.1) is 0 Å². The summed E-state index contributed by atoms with van der Waals surface area (Å²) in [5.41, 5.74) is 0. The number of likely N-dealkylation sites (N-methyl/N-ethyl adjacent to an activating group) is 1. The number of likely N-dealkylation sites (tertiary alicyclic amines) is 1. The van der Waals surface area contributed by atoms with Crippen LogP contribution in [0.2, 0.25) is 0 Å². The van der Waals surface area contributed by atoms with E-state index in [0.29, 0.717) is 5.92 Å². The monoisotopic (exact) mass is 240 g/mol. The van der Waals surface area contributed by atoms with Crippen LogP contribution in [-0.2, 0) is 4.79 Å². The van der Waals surface area contributed by atoms with E-state index in [-0.39, 0.29) is 11.9 Å². The average molecular weight is 240 g/mol. The molecule has 1 amide bonds. The van der Waals surface area contributed by atoms with Crippen LogP contribution in [0.25, 0.3) is 0 Å². The molecule has 0 aromatic carbocycles. The maximum Gasteiger partial charge on any atom is 0.244 e. The number of hydrogen-bond acceptors (Lipinski definition) is 5. The predicted octanol–water partition coefficient (Wildman–Crippen LogP) is 1.30. The minimum absolute atomic E-state index is 0.127. The molecular formula is C10H16N4OS. The van der Waals surface area contributed by atoms with Crippen molar-refractivity contribution in [2.45, 2.75) is 32.2 Å². The number of nitrogens with one attached hydrogen (secondary N) is 1. The van der Waals surface area contributed by atoms with E-state index in [0.717, 1.165) is 23.9 Å². The van der Waals surface area contributed by atoms with Crippen molar-refractivity contribution < 1.29 is 4.79 Å². The Kier molecular flexibility index (Phi) is 3.09. The Morgan fingerprint density at radius 1 is 1.56 bits per heavy atom. The zero-order valence-electron chi connectivity index (χ0n) is 9.73. The standard InChI is InChI=1S/C10H16N4OS/c1-6(2)8-12-10(16-13-8)11-7-4-5-14(3)9(7)15/h6-7H,4-5H2,1-3H3,(H,11,12,13)/t7-/m1/s1. The summed E-state index contributed by atoms with van der Waals surface area (Å²) in [6, 6.07) is -0.127. The molecule has 88 valence electrons. The van der Waals surface area contributed by atoms with Gasteiger partial charge in [-0.25, -0.2) is 4.98 Å². The highest BCUT2D eigenvalue weighted by Crippen LogP contribution is 2.20. The van der Waals surface area contributed by atoms with E-state index in [1.165, 1.54) is 11.5 Å². The molecule has 0 spiro atoms. The number of rotatable bonds is 3. The molecule has 2 heterocycles. The Balaban J connectivity index is 2.01. The van der Waals surface area contributed by atoms with E-state index in [1.807, 2.05) is 7.05 Å². The van der Waals surface area contributed by atoms with Crippen LogP contribution in [0.5, 0.6) is 0 Å². The van der Waals surface area contributed by atoms with Crippen LogP contribution < -0.4 is 5.32 Å². The first-order valence-corrected chi connectivity index (χ1v) is 6.20. The second kappa shape index (κ2) is 4.37. The Morgan fingerprint density at radius 2 is 2.31 bits per heavy atom. The van der Waals surface area contributed by atoms with Crippen molar-refractivity contribution in [1.29, 1.82) is 0 Å². The van der Waals surface area contributed by atoms with Gasteiger partial charge in [-0.1, -0.05) is 13.8 Å². The summed E-state index contributed by atoms with van der Waals surface area (Å²) in [4.78, 5) is 17.8. The summed E-state index contributed by atoms with van der Waals surface area (Å²) < 4.78 is 4.24. The normalized spacial score (nSPS) is 20.9. The highest BCUT2D eigenvalue weighted by molar-refractivity contribution is 7.09. The second-order valence-electron chi connectivity index (χ2n) is 4.36. The fourth-order valence-electron chi connectivity index (χ4n) is 1.63. The lowest BCUT2D eigenvalue weighted by Gasteiger charge is -2.10. The molecule has 16 heavy (non-hydrogen) atoms. The first-order valence-electron chi connectivity index (χ1n) is 5.43. The van der Waals surface area contributed by atoms with Gasteiger partial charge in [-0.15, -0.1) is 0 Å². The van der Waals surface area contributed by atoms with E-state index < -0.39 is 0 Å². The summed E-state index contributed by atoms with van der Waals surface area (Å²) in [5, 5.41) is 3.90. The molecule has 1 fully saturated rings. The molecule has 0 saturated carbocycles. The molecule has 6 heteroatoms. The van der Waals surface area contributed by atoms with Gasteiger partial charge in [0.2, 0.25) is 11.0 Å². The smallest absolute Gasteiger partial charge is 0.244 e. The predicted molar refractivity (Wildman–Crippen MR) is 63.7 cm³/mol. The van der Waals surface area contributed by atoms with Crippen LogP contribution in [0.3, 0.4) is 0 Å². The molecule has 1 aliphatic rings. The van der Waals surface area contributed by atoms with E-state index in [4.69, 9.17) is 0 Å². The van der Waals surface area contributed by atoms with Gasteiger partial charge < -0.3 is 10.2 Å². The zero-order chi connectivity index (χ0) is 11.7. The van der Waals surface area contributed by atoms with Gasteiger partial charge in [0, 0.05) is 31.0 Å². The van der Waals surface area contributed by atoms with Crippen LogP contribution in [0.1, 0.15) is 32.0 Å². The largest absolute Gasteiger partial charge is 0.348 e. The Morgan fingerprint density at radius 3 is 2.81 bits per heavy atom. The summed E-state index contributed by atoms with van der Waals surface area (Å²) in [6.45, 7) is 4.92. The van der Waals surface area contributed by atoms with Crippen molar-refractivity contribution in [2.24, 2.45) is 0 Å². The Labute approximate surface area is 99.0 Å². The number of amides is 1. The molecule has 1 N–H and O–H groups in total. The van der Waals surface area contributed by atoms with E-state index >= 15 is 0 Å². The molecule has 0 radical (unpaired) electrons. The third-order valence-corrected chi connectivity index (χ3v) is 3.34. The van der Waals surface area contributed by atoms with Crippen LogP contribution >= 0.6 is 11.5 Å². The lowest BCUT2D eigenvalue weighted by Crippen LogP contribution is -2.30. The lowest BCUT2D eigenvalue weighted by atomic mass is 10.2. The highest BCUT2D eigenvalue weighted by Gasteiger charge is 2.29. The molecule has 0 bridgehead atoms. The fraction of sp³-hybridized carbons (Fsp3) is 0.700. The second-order valence-corrected chi connectivity index (χ2v) is 5.11. The van der Waals surface area contributed by atoms with Crippen molar-refractivity contribution in [1.82, 2.24) is 14.3 Å². The number of nitrogens with zero attached hydrogens (tertiary/aromatic N) is 3. The molecule has 1 aliphatic heterocycles. The maximum absolute atomic E-state index is 11.7. The molecule has 1 saturated heterocycles. The lowest BCUT2D eigenvalue weighted by molar-refractivity contribution is -0.127. The van der Waals surface area contributed by atoms with Crippen molar-refractivity contribution in [3.63, 3.8) is 0 Å². The number of carbonyl (C=O) groups is 1. The van der Waals surface area contributed by atoms with Crippen molar-refractivity contribution in [3.8, 4) is 0 Å². The van der Waals surface area contributed by atoms with Crippen LogP contribution in [0.4, 0.5) is 5.13 Å². The summed E-state index contributed by atoms with van der Waals surface area (Å²) in [5.74, 6) is 1.31. The van der Waals surface area contributed by atoms with E-state index in [1.54, 1.807) is 4.90 Å². The van der Waals surface area contributed by atoms with Gasteiger partial charge in [-0.2, -0.15) is 4.37 Å². The number of hydrogen-bond donors (Lipinski definition) is 1. The molecular weight excluding hydrogens is 224 g/mol. The van der Waals surface area contributed by atoms with Gasteiger partial charge in [-0.3, -0.25) is 4.79 Å². The summed E-state index contributed by atoms with van der Waals surface area (Å²) >= 11 is 1.33. The van der Waals surface area contributed by atoms with Gasteiger partial charge in [0.15, 0.2) is 0 Å². The third-order valence-electron chi connectivity index (χ3n) is 2.68. The maximum atomic E-state index is 11.7. The molecule has 1 atom stereocenters. The first-order chi connectivity index (χ1) is 7.58. The Hall–Kier alpha value is -1.17. The number of anilines is 1. The van der Waals surface area contributed by atoms with Gasteiger partial charge in [-0.05, 0) is 6.42 Å². The summed E-state index contributed by atoms with van der Waals surface area (Å²) in [7, 11) is 1.82. The van der Waals surface area contributed by atoms with Crippen LogP contribution in [0, 0.1) is 0 Å². The van der Waals surface area contributed by atoms with Crippen LogP contribution in [-0.4, -0.2) is 39.8 Å². The molecule has 1 aromatic rings. The zero-order valence-corrected chi connectivity index (χ0v) is 10.5. The first kappa shape index (κ1) is 11.3. The van der Waals surface area contributed by atoms with Gasteiger partial charge in [0.25, 0.3) is 0 Å².